The van der Waals surface area contributed by atoms with Crippen LogP contribution in [0, 0.1) is 0 Å². The maximum atomic E-state index is 9.46. The van der Waals surface area contributed by atoms with Gasteiger partial charge in [0.1, 0.15) is 12.2 Å². The summed E-state index contributed by atoms with van der Waals surface area (Å²) in [5, 5.41) is 18.3. The summed E-state index contributed by atoms with van der Waals surface area (Å²) in [6.07, 6.45) is -1.63. The summed E-state index contributed by atoms with van der Waals surface area (Å²) in [6, 6.07) is 0. The molecule has 0 aromatic rings. The highest BCUT2D eigenvalue weighted by Crippen LogP contribution is 2.22. The Morgan fingerprint density at radius 1 is 1.38 bits per heavy atom. The van der Waals surface area contributed by atoms with Crippen molar-refractivity contribution in [2.75, 3.05) is 20.8 Å². The van der Waals surface area contributed by atoms with Gasteiger partial charge < -0.3 is 24.4 Å². The van der Waals surface area contributed by atoms with Gasteiger partial charge in [0.15, 0.2) is 6.29 Å². The molecule has 1 rings (SSSR count). The Hall–Kier alpha value is -0.200. The van der Waals surface area contributed by atoms with Crippen molar-refractivity contribution in [1.29, 1.82) is 0 Å². The number of methoxy groups -OCH3 is 2. The van der Waals surface area contributed by atoms with Crippen LogP contribution in [0.2, 0.25) is 0 Å². The Morgan fingerprint density at radius 2 is 2.08 bits per heavy atom. The standard InChI is InChI=1S/C8H16O5/c1-11-6-3-5(10)7(4-9)13-8(6)12-2/h5-10H,3-4H2,1-2H3/t5?,6?,7-,8+/m1/s1. The van der Waals surface area contributed by atoms with Gasteiger partial charge in [0.05, 0.1) is 12.7 Å². The average molecular weight is 192 g/mol. The first-order valence-corrected chi connectivity index (χ1v) is 4.23. The minimum Gasteiger partial charge on any atom is -0.394 e. The van der Waals surface area contributed by atoms with Gasteiger partial charge in [-0.05, 0) is 0 Å². The number of hydrogen-bond acceptors (Lipinski definition) is 5. The van der Waals surface area contributed by atoms with E-state index in [2.05, 4.69) is 0 Å². The first-order chi connectivity index (χ1) is 6.22. The van der Waals surface area contributed by atoms with E-state index in [0.717, 1.165) is 0 Å². The van der Waals surface area contributed by atoms with Gasteiger partial charge in [0, 0.05) is 20.6 Å². The van der Waals surface area contributed by atoms with Crippen LogP contribution in [0.25, 0.3) is 0 Å². The third kappa shape index (κ3) is 2.38. The van der Waals surface area contributed by atoms with E-state index in [4.69, 9.17) is 19.3 Å². The molecule has 0 saturated carbocycles. The molecule has 4 atom stereocenters. The molecule has 0 spiro atoms. The lowest BCUT2D eigenvalue weighted by Gasteiger charge is -2.37. The molecule has 1 saturated heterocycles. The van der Waals surface area contributed by atoms with E-state index in [0.29, 0.717) is 6.42 Å². The van der Waals surface area contributed by atoms with Crippen molar-refractivity contribution in [1.82, 2.24) is 0 Å². The molecule has 13 heavy (non-hydrogen) atoms. The summed E-state index contributed by atoms with van der Waals surface area (Å²) >= 11 is 0. The fourth-order valence-electron chi connectivity index (χ4n) is 1.43. The number of ether oxygens (including phenoxy) is 3. The van der Waals surface area contributed by atoms with Crippen LogP contribution < -0.4 is 0 Å². The largest absolute Gasteiger partial charge is 0.394 e. The number of hydrogen-bond donors (Lipinski definition) is 2. The molecule has 1 aliphatic rings. The first kappa shape index (κ1) is 10.9. The lowest BCUT2D eigenvalue weighted by atomic mass is 10.0. The summed E-state index contributed by atoms with van der Waals surface area (Å²) in [6.45, 7) is -0.211. The van der Waals surface area contributed by atoms with Crippen LogP contribution in [0.5, 0.6) is 0 Å². The Balaban J connectivity index is 2.54. The molecule has 0 radical (unpaired) electrons. The summed E-state index contributed by atoms with van der Waals surface area (Å²) in [4.78, 5) is 0. The maximum Gasteiger partial charge on any atom is 0.183 e. The van der Waals surface area contributed by atoms with E-state index in [1.165, 1.54) is 14.2 Å². The highest BCUT2D eigenvalue weighted by Gasteiger charge is 2.36. The molecule has 1 aliphatic heterocycles. The average Bonchev–Trinajstić information content (AvgIpc) is 2.17. The van der Waals surface area contributed by atoms with Crippen LogP contribution in [-0.4, -0.2) is 55.6 Å². The Labute approximate surface area is 77.2 Å². The molecule has 2 N–H and O–H groups in total. The molecule has 78 valence electrons. The smallest absolute Gasteiger partial charge is 0.183 e. The van der Waals surface area contributed by atoms with Gasteiger partial charge in [-0.25, -0.2) is 0 Å². The molecule has 0 amide bonds. The van der Waals surface area contributed by atoms with Gasteiger partial charge in [0.2, 0.25) is 0 Å². The van der Waals surface area contributed by atoms with E-state index in [1.807, 2.05) is 0 Å². The number of aliphatic hydroxyl groups excluding tert-OH is 2. The van der Waals surface area contributed by atoms with Crippen LogP contribution in [0.4, 0.5) is 0 Å². The van der Waals surface area contributed by atoms with Crippen LogP contribution in [0.15, 0.2) is 0 Å². The van der Waals surface area contributed by atoms with Crippen molar-refractivity contribution in [3.63, 3.8) is 0 Å². The van der Waals surface area contributed by atoms with Gasteiger partial charge in [-0.1, -0.05) is 0 Å². The molecular weight excluding hydrogens is 176 g/mol. The van der Waals surface area contributed by atoms with Crippen molar-refractivity contribution in [3.05, 3.63) is 0 Å². The molecule has 2 unspecified atom stereocenters. The summed E-state index contributed by atoms with van der Waals surface area (Å²) in [5.74, 6) is 0. The predicted octanol–water partition coefficient (Wildman–Crippen LogP) is -0.884. The Kier molecular flexibility index (Phi) is 4.08. The Bertz CT molecular complexity index is 151. The van der Waals surface area contributed by atoms with E-state index in [-0.39, 0.29) is 12.7 Å². The maximum absolute atomic E-state index is 9.46. The monoisotopic (exact) mass is 192 g/mol. The molecule has 0 aromatic heterocycles. The summed E-state index contributed by atoms with van der Waals surface area (Å²) < 4.78 is 15.3. The molecule has 5 heteroatoms. The second-order valence-corrected chi connectivity index (χ2v) is 3.04. The normalized spacial score (nSPS) is 40.6. The van der Waals surface area contributed by atoms with E-state index in [1.54, 1.807) is 0 Å². The molecule has 1 heterocycles. The summed E-state index contributed by atoms with van der Waals surface area (Å²) in [5.41, 5.74) is 0. The topological polar surface area (TPSA) is 68.2 Å². The zero-order valence-corrected chi connectivity index (χ0v) is 7.84. The highest BCUT2D eigenvalue weighted by molar-refractivity contribution is 4.81. The quantitative estimate of drug-likeness (QED) is 0.607. The third-order valence-electron chi connectivity index (χ3n) is 2.23. The second-order valence-electron chi connectivity index (χ2n) is 3.04. The fraction of sp³-hybridized carbons (Fsp3) is 1.00. The van der Waals surface area contributed by atoms with Gasteiger partial charge >= 0.3 is 0 Å². The Morgan fingerprint density at radius 3 is 2.54 bits per heavy atom. The van der Waals surface area contributed by atoms with Crippen LogP contribution in [0.3, 0.4) is 0 Å². The van der Waals surface area contributed by atoms with Crippen LogP contribution >= 0.6 is 0 Å². The number of rotatable bonds is 3. The van der Waals surface area contributed by atoms with Crippen molar-refractivity contribution < 1.29 is 24.4 Å². The first-order valence-electron chi connectivity index (χ1n) is 4.23. The lowest BCUT2D eigenvalue weighted by molar-refractivity contribution is -0.266. The van der Waals surface area contributed by atoms with Crippen molar-refractivity contribution in [3.8, 4) is 0 Å². The summed E-state index contributed by atoms with van der Waals surface area (Å²) in [7, 11) is 3.04. The highest BCUT2D eigenvalue weighted by atomic mass is 16.7. The van der Waals surface area contributed by atoms with Gasteiger partial charge in [0.25, 0.3) is 0 Å². The fourth-order valence-corrected chi connectivity index (χ4v) is 1.43. The SMILES string of the molecule is COC1CC(O)[C@@H](CO)O[C@@H]1OC. The minimum absolute atomic E-state index is 0.211. The van der Waals surface area contributed by atoms with Crippen molar-refractivity contribution in [2.24, 2.45) is 0 Å². The van der Waals surface area contributed by atoms with Crippen molar-refractivity contribution in [2.45, 2.75) is 31.0 Å². The van der Waals surface area contributed by atoms with E-state index >= 15 is 0 Å². The van der Waals surface area contributed by atoms with Gasteiger partial charge in [-0.2, -0.15) is 0 Å². The zero-order valence-electron chi connectivity index (χ0n) is 7.84. The molecule has 5 nitrogen and oxygen atoms in total. The van der Waals surface area contributed by atoms with E-state index < -0.39 is 18.5 Å². The molecular formula is C8H16O5. The zero-order chi connectivity index (χ0) is 9.84. The minimum atomic E-state index is -0.693. The van der Waals surface area contributed by atoms with Gasteiger partial charge in [-0.3, -0.25) is 0 Å². The second kappa shape index (κ2) is 4.88. The predicted molar refractivity (Wildman–Crippen MR) is 44.2 cm³/mol. The lowest BCUT2D eigenvalue weighted by Crippen LogP contribution is -2.50. The number of aliphatic hydroxyl groups is 2. The van der Waals surface area contributed by atoms with Crippen LogP contribution in [0.1, 0.15) is 6.42 Å². The third-order valence-corrected chi connectivity index (χ3v) is 2.23. The van der Waals surface area contributed by atoms with Gasteiger partial charge in [-0.15, -0.1) is 0 Å². The molecule has 0 aromatic carbocycles. The molecule has 1 fully saturated rings. The van der Waals surface area contributed by atoms with Crippen molar-refractivity contribution >= 4 is 0 Å². The van der Waals surface area contributed by atoms with E-state index in [9.17, 15) is 5.11 Å². The molecule has 0 bridgehead atoms. The van der Waals surface area contributed by atoms with Crippen LogP contribution in [-0.2, 0) is 14.2 Å². The molecule has 0 aliphatic carbocycles.